The summed E-state index contributed by atoms with van der Waals surface area (Å²) in [7, 11) is 0. The summed E-state index contributed by atoms with van der Waals surface area (Å²) in [6.45, 7) is 8.57. The third kappa shape index (κ3) is 3.77. The molecule has 0 amide bonds. The molecule has 0 bridgehead atoms. The van der Waals surface area contributed by atoms with Crippen molar-refractivity contribution in [2.45, 2.75) is 52.1 Å². The Bertz CT molecular complexity index is 399. The van der Waals surface area contributed by atoms with Crippen LogP contribution >= 0.6 is 0 Å². The maximum absolute atomic E-state index is 6.08. The lowest BCUT2D eigenvalue weighted by molar-refractivity contribution is 0.180. The fourth-order valence-electron chi connectivity index (χ4n) is 2.67. The van der Waals surface area contributed by atoms with Gasteiger partial charge in [-0.25, -0.2) is 0 Å². The maximum atomic E-state index is 6.08. The van der Waals surface area contributed by atoms with E-state index in [-0.39, 0.29) is 0 Å². The van der Waals surface area contributed by atoms with Crippen LogP contribution in [0.5, 0.6) is 0 Å². The normalized spacial score (nSPS) is 17.2. The average Bonchev–Trinajstić information content (AvgIpc) is 3.20. The van der Waals surface area contributed by atoms with Crippen molar-refractivity contribution in [2.24, 2.45) is 11.7 Å². The van der Waals surface area contributed by atoms with Crippen LogP contribution in [0.25, 0.3) is 0 Å². The number of nitrogens with two attached hydrogens (primary N) is 1. The topological polar surface area (TPSA) is 42.1 Å². The number of rotatable bonds is 7. The number of aryl methyl sites for hydroxylation is 1. The summed E-state index contributed by atoms with van der Waals surface area (Å²) in [5, 5.41) is 0. The van der Waals surface area contributed by atoms with Crippen LogP contribution in [0.2, 0.25) is 0 Å². The molecule has 0 spiro atoms. The van der Waals surface area contributed by atoms with E-state index >= 15 is 0 Å². The van der Waals surface area contributed by atoms with E-state index in [2.05, 4.69) is 36.7 Å². The van der Waals surface area contributed by atoms with Crippen molar-refractivity contribution < 1.29 is 0 Å². The van der Waals surface area contributed by atoms with Crippen molar-refractivity contribution in [2.75, 3.05) is 13.1 Å². The molecule has 1 aromatic rings. The SMILES string of the molecule is Cc1ccncc1C(CN)N(CCC(C)C)C1CC1. The van der Waals surface area contributed by atoms with Gasteiger partial charge >= 0.3 is 0 Å². The van der Waals surface area contributed by atoms with E-state index in [1.54, 1.807) is 0 Å². The van der Waals surface area contributed by atoms with Gasteiger partial charge in [-0.05, 0) is 55.8 Å². The van der Waals surface area contributed by atoms with Crippen molar-refractivity contribution in [3.8, 4) is 0 Å². The average molecular weight is 261 g/mol. The highest BCUT2D eigenvalue weighted by Crippen LogP contribution is 2.35. The van der Waals surface area contributed by atoms with Gasteiger partial charge in [-0.1, -0.05) is 13.8 Å². The molecule has 0 saturated heterocycles. The molecule has 2 rings (SSSR count). The Labute approximate surface area is 117 Å². The molecule has 0 aliphatic heterocycles. The zero-order valence-corrected chi connectivity index (χ0v) is 12.5. The molecule has 1 fully saturated rings. The van der Waals surface area contributed by atoms with Crippen molar-refractivity contribution in [3.63, 3.8) is 0 Å². The van der Waals surface area contributed by atoms with Crippen LogP contribution in [-0.2, 0) is 0 Å². The molecular weight excluding hydrogens is 234 g/mol. The van der Waals surface area contributed by atoms with Crippen molar-refractivity contribution >= 4 is 0 Å². The number of hydrogen-bond acceptors (Lipinski definition) is 3. The molecule has 1 unspecified atom stereocenters. The summed E-state index contributed by atoms with van der Waals surface area (Å²) in [5.74, 6) is 0.745. The predicted molar refractivity (Wildman–Crippen MR) is 80.0 cm³/mol. The first-order chi connectivity index (χ1) is 9.13. The van der Waals surface area contributed by atoms with Crippen LogP contribution in [0.1, 0.15) is 50.3 Å². The van der Waals surface area contributed by atoms with Crippen molar-refractivity contribution in [1.29, 1.82) is 0 Å². The van der Waals surface area contributed by atoms with Crippen molar-refractivity contribution in [1.82, 2.24) is 9.88 Å². The van der Waals surface area contributed by atoms with Gasteiger partial charge in [-0.15, -0.1) is 0 Å². The highest BCUT2D eigenvalue weighted by Gasteiger charge is 2.34. The van der Waals surface area contributed by atoms with Crippen molar-refractivity contribution in [3.05, 3.63) is 29.6 Å². The van der Waals surface area contributed by atoms with Gasteiger partial charge in [-0.3, -0.25) is 9.88 Å². The number of nitrogens with zero attached hydrogens (tertiary/aromatic N) is 2. The largest absolute Gasteiger partial charge is 0.329 e. The second-order valence-corrected chi connectivity index (χ2v) is 6.14. The fraction of sp³-hybridized carbons (Fsp3) is 0.688. The highest BCUT2D eigenvalue weighted by molar-refractivity contribution is 5.26. The van der Waals surface area contributed by atoms with Gasteiger partial charge in [-0.2, -0.15) is 0 Å². The molecule has 1 heterocycles. The Morgan fingerprint density at radius 2 is 2.16 bits per heavy atom. The minimum absolute atomic E-state index is 0.333. The molecule has 1 aromatic heterocycles. The Morgan fingerprint density at radius 1 is 1.42 bits per heavy atom. The minimum atomic E-state index is 0.333. The van der Waals surface area contributed by atoms with Crippen LogP contribution in [0.4, 0.5) is 0 Å². The Balaban J connectivity index is 2.15. The van der Waals surface area contributed by atoms with Crippen LogP contribution in [0.15, 0.2) is 18.5 Å². The van der Waals surface area contributed by atoms with Gasteiger partial charge in [0, 0.05) is 31.0 Å². The van der Waals surface area contributed by atoms with Gasteiger partial charge < -0.3 is 5.73 Å². The summed E-state index contributed by atoms with van der Waals surface area (Å²) < 4.78 is 0. The quantitative estimate of drug-likeness (QED) is 0.820. The van der Waals surface area contributed by atoms with Gasteiger partial charge in [0.2, 0.25) is 0 Å². The van der Waals surface area contributed by atoms with E-state index in [1.807, 2.05) is 12.4 Å². The maximum Gasteiger partial charge on any atom is 0.0491 e. The first-order valence-electron chi connectivity index (χ1n) is 7.49. The molecule has 1 saturated carbocycles. The van der Waals surface area contributed by atoms with Crippen LogP contribution in [0.3, 0.4) is 0 Å². The zero-order chi connectivity index (χ0) is 13.8. The van der Waals surface area contributed by atoms with E-state index in [9.17, 15) is 0 Å². The van der Waals surface area contributed by atoms with E-state index < -0.39 is 0 Å². The molecule has 19 heavy (non-hydrogen) atoms. The summed E-state index contributed by atoms with van der Waals surface area (Å²) in [6, 6.07) is 3.16. The molecule has 2 N–H and O–H groups in total. The molecule has 1 atom stereocenters. The second kappa shape index (κ2) is 6.49. The first kappa shape index (κ1) is 14.5. The molecule has 1 aliphatic rings. The Kier molecular flexibility index (Phi) is 4.94. The zero-order valence-electron chi connectivity index (χ0n) is 12.5. The predicted octanol–water partition coefficient (Wildman–Crippen LogP) is 2.90. The third-order valence-corrected chi connectivity index (χ3v) is 4.04. The number of pyridine rings is 1. The monoisotopic (exact) mass is 261 g/mol. The number of aromatic nitrogens is 1. The highest BCUT2D eigenvalue weighted by atomic mass is 15.2. The van der Waals surface area contributed by atoms with E-state index in [0.29, 0.717) is 12.6 Å². The van der Waals surface area contributed by atoms with Gasteiger partial charge in [0.1, 0.15) is 0 Å². The fourth-order valence-corrected chi connectivity index (χ4v) is 2.67. The molecular formula is C16H27N3. The summed E-state index contributed by atoms with van der Waals surface area (Å²) in [5.41, 5.74) is 8.69. The molecule has 106 valence electrons. The second-order valence-electron chi connectivity index (χ2n) is 6.14. The summed E-state index contributed by atoms with van der Waals surface area (Å²) in [6.07, 6.45) is 7.76. The first-order valence-corrected chi connectivity index (χ1v) is 7.49. The lowest BCUT2D eigenvalue weighted by Gasteiger charge is -2.32. The van der Waals surface area contributed by atoms with E-state index in [1.165, 1.54) is 30.4 Å². The standard InChI is InChI=1S/C16H27N3/c1-12(2)7-9-19(14-4-5-14)16(10-17)15-11-18-8-6-13(15)3/h6,8,11-12,14,16H,4-5,7,9-10,17H2,1-3H3. The van der Waals surface area contributed by atoms with Crippen LogP contribution < -0.4 is 5.73 Å². The Morgan fingerprint density at radius 3 is 2.68 bits per heavy atom. The lowest BCUT2D eigenvalue weighted by Crippen LogP contribution is -2.37. The molecule has 3 heteroatoms. The molecule has 0 aromatic carbocycles. The minimum Gasteiger partial charge on any atom is -0.329 e. The summed E-state index contributed by atoms with van der Waals surface area (Å²) >= 11 is 0. The van der Waals surface area contributed by atoms with Gasteiger partial charge in [0.15, 0.2) is 0 Å². The smallest absolute Gasteiger partial charge is 0.0491 e. The van der Waals surface area contributed by atoms with Crippen LogP contribution in [-0.4, -0.2) is 29.0 Å². The molecule has 1 aliphatic carbocycles. The third-order valence-electron chi connectivity index (χ3n) is 4.04. The van der Waals surface area contributed by atoms with E-state index in [0.717, 1.165) is 18.5 Å². The van der Waals surface area contributed by atoms with E-state index in [4.69, 9.17) is 5.73 Å². The van der Waals surface area contributed by atoms with Gasteiger partial charge in [0.05, 0.1) is 0 Å². The molecule has 3 nitrogen and oxygen atoms in total. The lowest BCUT2D eigenvalue weighted by atomic mass is 10.0. The van der Waals surface area contributed by atoms with Crippen LogP contribution in [0, 0.1) is 12.8 Å². The molecule has 0 radical (unpaired) electrons. The number of hydrogen-bond donors (Lipinski definition) is 1. The van der Waals surface area contributed by atoms with Gasteiger partial charge in [0.25, 0.3) is 0 Å². The Hall–Kier alpha value is -0.930. The summed E-state index contributed by atoms with van der Waals surface area (Å²) in [4.78, 5) is 6.90.